The summed E-state index contributed by atoms with van der Waals surface area (Å²) < 4.78 is 0. The topological polar surface area (TPSA) is 12.0 Å². The Kier molecular flexibility index (Phi) is 1.39. The molecule has 1 N–H and O–H groups in total. The lowest BCUT2D eigenvalue weighted by Crippen LogP contribution is -2.49. The Morgan fingerprint density at radius 3 is 2.55 bits per heavy atom. The average Bonchev–Trinajstić information content (AvgIpc) is 2.17. The third kappa shape index (κ3) is 0.807. The van der Waals surface area contributed by atoms with Crippen LogP contribution in [0.5, 0.6) is 0 Å². The largest absolute Gasteiger partial charge is 0.316 e. The van der Waals surface area contributed by atoms with E-state index in [1.165, 1.54) is 25.9 Å². The molecule has 1 aliphatic heterocycles. The molecule has 2 fully saturated rings. The third-order valence-corrected chi connectivity index (χ3v) is 4.53. The lowest BCUT2D eigenvalue weighted by atomic mass is 9.64. The van der Waals surface area contributed by atoms with Crippen molar-refractivity contribution in [3.63, 3.8) is 0 Å². The van der Waals surface area contributed by atoms with Gasteiger partial charge in [0.15, 0.2) is 0 Å². The molecule has 0 amide bonds. The Bertz CT molecular complexity index is 167. The number of hydrogen-bond acceptors (Lipinski definition) is 1. The van der Waals surface area contributed by atoms with Crippen molar-refractivity contribution in [1.82, 2.24) is 5.32 Å². The molecule has 2 atom stereocenters. The lowest BCUT2D eigenvalue weighted by molar-refractivity contribution is 0.0546. The van der Waals surface area contributed by atoms with Gasteiger partial charge in [-0.2, -0.15) is 0 Å². The molecule has 1 nitrogen and oxygen atoms in total. The van der Waals surface area contributed by atoms with Crippen molar-refractivity contribution in [3.8, 4) is 0 Å². The summed E-state index contributed by atoms with van der Waals surface area (Å²) in [6.45, 7) is 9.83. The van der Waals surface area contributed by atoms with Crippen LogP contribution in [0.2, 0.25) is 0 Å². The summed E-state index contributed by atoms with van der Waals surface area (Å²) in [6, 6.07) is 0. The summed E-state index contributed by atoms with van der Waals surface area (Å²) in [5, 5.41) is 3.54. The summed E-state index contributed by atoms with van der Waals surface area (Å²) in [6.07, 6.45) is 2.87. The fourth-order valence-electron chi connectivity index (χ4n) is 2.86. The van der Waals surface area contributed by atoms with Crippen molar-refractivity contribution in [2.75, 3.05) is 13.1 Å². The Labute approximate surface area is 69.6 Å². The minimum atomic E-state index is 0.579. The molecule has 2 bridgehead atoms. The molecule has 1 saturated carbocycles. The van der Waals surface area contributed by atoms with Gasteiger partial charge in [0.05, 0.1) is 0 Å². The molecule has 0 radical (unpaired) electrons. The van der Waals surface area contributed by atoms with Crippen LogP contribution in [0.3, 0.4) is 0 Å². The zero-order valence-corrected chi connectivity index (χ0v) is 7.91. The van der Waals surface area contributed by atoms with Crippen molar-refractivity contribution in [3.05, 3.63) is 0 Å². The molecule has 0 aromatic carbocycles. The Morgan fingerprint density at radius 2 is 2.00 bits per heavy atom. The summed E-state index contributed by atoms with van der Waals surface area (Å²) in [7, 11) is 0. The highest BCUT2D eigenvalue weighted by Gasteiger charge is 2.53. The van der Waals surface area contributed by atoms with E-state index in [2.05, 4.69) is 26.1 Å². The summed E-state index contributed by atoms with van der Waals surface area (Å²) in [5.41, 5.74) is 1.16. The van der Waals surface area contributed by atoms with Gasteiger partial charge in [-0.15, -0.1) is 0 Å². The zero-order chi connectivity index (χ0) is 8.11. The monoisotopic (exact) mass is 153 g/mol. The molecule has 0 aromatic rings. The predicted octanol–water partition coefficient (Wildman–Crippen LogP) is 2.03. The highest BCUT2D eigenvalue weighted by Crippen LogP contribution is 2.57. The van der Waals surface area contributed by atoms with Crippen LogP contribution in [0.1, 0.15) is 33.6 Å². The van der Waals surface area contributed by atoms with Gasteiger partial charge in [-0.05, 0) is 36.1 Å². The first-order valence-electron chi connectivity index (χ1n) is 4.77. The molecule has 1 saturated heterocycles. The van der Waals surface area contributed by atoms with Crippen LogP contribution in [-0.4, -0.2) is 13.1 Å². The molecule has 1 aliphatic carbocycles. The molecule has 0 aromatic heterocycles. The SMILES string of the molecule is CC1(C)[C@@H]2CC[C@]1(C)CNC2. The first-order chi connectivity index (χ1) is 5.06. The fraction of sp³-hybridized carbons (Fsp3) is 1.00. The quantitative estimate of drug-likeness (QED) is 0.561. The maximum atomic E-state index is 3.54. The van der Waals surface area contributed by atoms with Crippen LogP contribution >= 0.6 is 0 Å². The Hall–Kier alpha value is -0.0400. The molecular formula is C10H19N. The van der Waals surface area contributed by atoms with Crippen molar-refractivity contribution in [1.29, 1.82) is 0 Å². The first kappa shape index (κ1) is 7.60. The zero-order valence-electron chi connectivity index (χ0n) is 7.91. The van der Waals surface area contributed by atoms with Gasteiger partial charge < -0.3 is 5.32 Å². The molecule has 11 heavy (non-hydrogen) atoms. The maximum Gasteiger partial charge on any atom is 0.00105 e. The second-order valence-corrected chi connectivity index (χ2v) is 5.15. The Balaban J connectivity index is 2.33. The normalized spacial score (nSPS) is 47.7. The van der Waals surface area contributed by atoms with Gasteiger partial charge >= 0.3 is 0 Å². The van der Waals surface area contributed by atoms with Crippen molar-refractivity contribution in [2.45, 2.75) is 33.6 Å². The molecule has 1 heteroatoms. The molecule has 2 aliphatic rings. The van der Waals surface area contributed by atoms with E-state index < -0.39 is 0 Å². The van der Waals surface area contributed by atoms with Gasteiger partial charge in [-0.1, -0.05) is 20.8 Å². The van der Waals surface area contributed by atoms with Crippen molar-refractivity contribution in [2.24, 2.45) is 16.7 Å². The minimum absolute atomic E-state index is 0.579. The van der Waals surface area contributed by atoms with E-state index in [0.717, 1.165) is 5.92 Å². The molecule has 0 spiro atoms. The van der Waals surface area contributed by atoms with Gasteiger partial charge in [0.2, 0.25) is 0 Å². The predicted molar refractivity (Wildman–Crippen MR) is 47.5 cm³/mol. The van der Waals surface area contributed by atoms with E-state index in [-0.39, 0.29) is 0 Å². The van der Waals surface area contributed by atoms with Crippen molar-refractivity contribution >= 4 is 0 Å². The van der Waals surface area contributed by atoms with E-state index in [1.54, 1.807) is 0 Å². The minimum Gasteiger partial charge on any atom is -0.316 e. The van der Waals surface area contributed by atoms with E-state index in [4.69, 9.17) is 0 Å². The number of rotatable bonds is 0. The van der Waals surface area contributed by atoms with Crippen LogP contribution in [0.15, 0.2) is 0 Å². The first-order valence-corrected chi connectivity index (χ1v) is 4.77. The van der Waals surface area contributed by atoms with Gasteiger partial charge in [-0.25, -0.2) is 0 Å². The van der Waals surface area contributed by atoms with E-state index >= 15 is 0 Å². The van der Waals surface area contributed by atoms with Gasteiger partial charge in [0.1, 0.15) is 0 Å². The van der Waals surface area contributed by atoms with Crippen LogP contribution in [-0.2, 0) is 0 Å². The molecular weight excluding hydrogens is 134 g/mol. The highest BCUT2D eigenvalue weighted by molar-refractivity contribution is 5.04. The summed E-state index contributed by atoms with van der Waals surface area (Å²) >= 11 is 0. The highest BCUT2D eigenvalue weighted by atomic mass is 14.9. The van der Waals surface area contributed by atoms with Crippen LogP contribution in [0.25, 0.3) is 0 Å². The van der Waals surface area contributed by atoms with Gasteiger partial charge in [0.25, 0.3) is 0 Å². The van der Waals surface area contributed by atoms with E-state index in [9.17, 15) is 0 Å². The number of nitrogens with one attached hydrogen (secondary N) is 1. The summed E-state index contributed by atoms with van der Waals surface area (Å²) in [5.74, 6) is 0.932. The van der Waals surface area contributed by atoms with Crippen molar-refractivity contribution < 1.29 is 0 Å². The smallest absolute Gasteiger partial charge is 0.00105 e. The fourth-order valence-corrected chi connectivity index (χ4v) is 2.86. The van der Waals surface area contributed by atoms with E-state index in [0.29, 0.717) is 10.8 Å². The van der Waals surface area contributed by atoms with Crippen LogP contribution in [0, 0.1) is 16.7 Å². The number of fused-ring (bicyclic) bond motifs is 2. The van der Waals surface area contributed by atoms with Crippen LogP contribution < -0.4 is 5.32 Å². The molecule has 2 rings (SSSR count). The molecule has 1 heterocycles. The Morgan fingerprint density at radius 1 is 1.27 bits per heavy atom. The lowest BCUT2D eigenvalue weighted by Gasteiger charge is -2.46. The van der Waals surface area contributed by atoms with Gasteiger partial charge in [0, 0.05) is 6.54 Å². The number of hydrogen-bond donors (Lipinski definition) is 1. The van der Waals surface area contributed by atoms with E-state index in [1.807, 2.05) is 0 Å². The summed E-state index contributed by atoms with van der Waals surface area (Å²) in [4.78, 5) is 0. The van der Waals surface area contributed by atoms with Gasteiger partial charge in [-0.3, -0.25) is 0 Å². The standard InChI is InChI=1S/C10H19N/c1-9(2)8-4-5-10(9,3)7-11-6-8/h8,11H,4-7H2,1-3H3/t8-,10-/m1/s1. The molecule has 64 valence electrons. The second kappa shape index (κ2) is 2.01. The third-order valence-electron chi connectivity index (χ3n) is 4.53. The maximum absolute atomic E-state index is 3.54. The second-order valence-electron chi connectivity index (χ2n) is 5.15. The number of piperidine rings is 1. The van der Waals surface area contributed by atoms with Crippen LogP contribution in [0.4, 0.5) is 0 Å². The average molecular weight is 153 g/mol. The molecule has 0 unspecified atom stereocenters.